The number of urea groups is 1. The predicted molar refractivity (Wildman–Crippen MR) is 106 cm³/mol. The van der Waals surface area contributed by atoms with Crippen LogP contribution in [-0.2, 0) is 16.1 Å². The van der Waals surface area contributed by atoms with Gasteiger partial charge in [-0.1, -0.05) is 33.6 Å². The van der Waals surface area contributed by atoms with Crippen LogP contribution in [0.5, 0.6) is 0 Å². The molecule has 2 N–H and O–H groups in total. The minimum absolute atomic E-state index is 0.00787. The molecule has 3 aromatic rings. The molecule has 0 atom stereocenters. The molecular weight excluding hydrogens is 436 g/mol. The maximum atomic E-state index is 11.9. The molecule has 0 aliphatic rings. The largest absolute Gasteiger partial charge is 0.459 e. The number of benzene rings is 1. The van der Waals surface area contributed by atoms with Crippen LogP contribution < -0.4 is 10.6 Å². The Labute approximate surface area is 168 Å². The number of carbonyl (C=O) groups is 2. The number of amides is 2. The van der Waals surface area contributed by atoms with E-state index in [0.717, 1.165) is 4.47 Å². The van der Waals surface area contributed by atoms with Crippen molar-refractivity contribution >= 4 is 50.9 Å². The number of nitrogens with one attached hydrogen (secondary N) is 2. The zero-order valence-electron chi connectivity index (χ0n) is 14.1. The van der Waals surface area contributed by atoms with E-state index in [1.165, 1.54) is 0 Å². The lowest BCUT2D eigenvalue weighted by atomic mass is 10.3. The molecule has 1 aromatic carbocycles. The summed E-state index contributed by atoms with van der Waals surface area (Å²) >= 11 is 9.42. The van der Waals surface area contributed by atoms with Crippen LogP contribution in [0.25, 0.3) is 5.65 Å². The minimum Gasteiger partial charge on any atom is -0.459 e. The molecule has 27 heavy (non-hydrogen) atoms. The van der Waals surface area contributed by atoms with Crippen LogP contribution in [0, 0.1) is 0 Å². The number of hydrogen-bond donors (Lipinski definition) is 2. The van der Waals surface area contributed by atoms with Crippen molar-refractivity contribution in [2.24, 2.45) is 0 Å². The fraction of sp³-hybridized carbons (Fsp3) is 0.167. The van der Waals surface area contributed by atoms with E-state index in [-0.39, 0.29) is 19.6 Å². The molecule has 0 spiro atoms. The van der Waals surface area contributed by atoms with Crippen LogP contribution >= 0.6 is 27.5 Å². The summed E-state index contributed by atoms with van der Waals surface area (Å²) in [5, 5.41) is 5.57. The highest BCUT2D eigenvalue weighted by Crippen LogP contribution is 2.18. The van der Waals surface area contributed by atoms with Gasteiger partial charge in [-0.25, -0.2) is 9.78 Å². The molecule has 0 saturated carbocycles. The highest BCUT2D eigenvalue weighted by Gasteiger charge is 2.12. The molecule has 0 fully saturated rings. The average Bonchev–Trinajstić information content (AvgIpc) is 2.97. The van der Waals surface area contributed by atoms with Crippen molar-refractivity contribution in [3.63, 3.8) is 0 Å². The number of anilines is 1. The summed E-state index contributed by atoms with van der Waals surface area (Å²) in [6, 6.07) is 12.3. The number of aromatic nitrogens is 2. The summed E-state index contributed by atoms with van der Waals surface area (Å²) in [7, 11) is 0. The third kappa shape index (κ3) is 5.21. The SMILES string of the molecule is O=C(NCCC(=O)OCc1c(Cl)nc2ccccn12)Nc1ccc(Br)cc1. The van der Waals surface area contributed by atoms with Gasteiger partial charge in [-0.15, -0.1) is 0 Å². The van der Waals surface area contributed by atoms with Gasteiger partial charge in [0.25, 0.3) is 0 Å². The van der Waals surface area contributed by atoms with Crippen molar-refractivity contribution in [3.05, 3.63) is 64.0 Å². The average molecular weight is 452 g/mol. The summed E-state index contributed by atoms with van der Waals surface area (Å²) in [4.78, 5) is 27.9. The van der Waals surface area contributed by atoms with E-state index in [4.69, 9.17) is 16.3 Å². The standard InChI is InChI=1S/C18H16BrClN4O3/c19-12-4-6-13(7-5-12)22-18(26)21-9-8-16(25)27-11-14-17(20)23-15-3-1-2-10-24(14)15/h1-7,10H,8-9,11H2,(H2,21,22,26). The van der Waals surface area contributed by atoms with Gasteiger partial charge in [-0.3, -0.25) is 9.20 Å². The van der Waals surface area contributed by atoms with E-state index in [9.17, 15) is 9.59 Å². The smallest absolute Gasteiger partial charge is 0.319 e. The maximum Gasteiger partial charge on any atom is 0.319 e. The van der Waals surface area contributed by atoms with Crippen molar-refractivity contribution in [2.45, 2.75) is 13.0 Å². The van der Waals surface area contributed by atoms with E-state index >= 15 is 0 Å². The van der Waals surface area contributed by atoms with Gasteiger partial charge in [-0.2, -0.15) is 0 Å². The molecule has 3 rings (SSSR count). The number of halogens is 2. The van der Waals surface area contributed by atoms with Crippen LogP contribution in [0.2, 0.25) is 5.15 Å². The van der Waals surface area contributed by atoms with E-state index in [0.29, 0.717) is 22.2 Å². The van der Waals surface area contributed by atoms with Gasteiger partial charge < -0.3 is 15.4 Å². The second-order valence-corrected chi connectivity index (χ2v) is 6.85. The zero-order chi connectivity index (χ0) is 19.2. The van der Waals surface area contributed by atoms with E-state index in [1.807, 2.05) is 30.3 Å². The number of nitrogens with zero attached hydrogens (tertiary/aromatic N) is 2. The molecule has 2 aromatic heterocycles. The first-order valence-electron chi connectivity index (χ1n) is 8.10. The Bertz CT molecular complexity index is 959. The van der Waals surface area contributed by atoms with Crippen molar-refractivity contribution in [1.29, 1.82) is 0 Å². The molecule has 7 nitrogen and oxygen atoms in total. The van der Waals surface area contributed by atoms with Gasteiger partial charge >= 0.3 is 12.0 Å². The number of pyridine rings is 1. The topological polar surface area (TPSA) is 84.7 Å². The Morgan fingerprint density at radius 2 is 1.96 bits per heavy atom. The summed E-state index contributed by atoms with van der Waals surface area (Å²) in [6.07, 6.45) is 1.84. The van der Waals surface area contributed by atoms with Crippen LogP contribution in [0.4, 0.5) is 10.5 Å². The van der Waals surface area contributed by atoms with Gasteiger partial charge in [0.05, 0.1) is 12.1 Å². The fourth-order valence-electron chi connectivity index (χ4n) is 2.35. The number of imidazole rings is 1. The number of hydrogen-bond acceptors (Lipinski definition) is 4. The molecule has 0 aliphatic heterocycles. The summed E-state index contributed by atoms with van der Waals surface area (Å²) in [5.74, 6) is -0.444. The highest BCUT2D eigenvalue weighted by atomic mass is 79.9. The third-order valence-electron chi connectivity index (χ3n) is 3.67. The minimum atomic E-state index is -0.444. The molecule has 0 radical (unpaired) electrons. The number of rotatable bonds is 6. The number of ether oxygens (including phenoxy) is 1. The Balaban J connectivity index is 1.42. The molecule has 9 heteroatoms. The lowest BCUT2D eigenvalue weighted by Gasteiger charge is -2.08. The van der Waals surface area contributed by atoms with Crippen molar-refractivity contribution in [3.8, 4) is 0 Å². The first-order chi connectivity index (χ1) is 13.0. The monoisotopic (exact) mass is 450 g/mol. The van der Waals surface area contributed by atoms with E-state index in [1.54, 1.807) is 22.7 Å². The number of fused-ring (bicyclic) bond motifs is 1. The van der Waals surface area contributed by atoms with Gasteiger partial charge in [0.2, 0.25) is 0 Å². The maximum absolute atomic E-state index is 11.9. The van der Waals surface area contributed by atoms with Gasteiger partial charge in [0.15, 0.2) is 5.15 Å². The quantitative estimate of drug-likeness (QED) is 0.555. The molecule has 2 heterocycles. The number of carbonyl (C=O) groups excluding carboxylic acids is 2. The van der Waals surface area contributed by atoms with Crippen molar-refractivity contribution in [1.82, 2.24) is 14.7 Å². The lowest BCUT2D eigenvalue weighted by molar-refractivity contribution is -0.144. The lowest BCUT2D eigenvalue weighted by Crippen LogP contribution is -2.30. The molecule has 0 aliphatic carbocycles. The van der Waals surface area contributed by atoms with Crippen LogP contribution in [0.3, 0.4) is 0 Å². The summed E-state index contributed by atoms with van der Waals surface area (Å²) in [6.45, 7) is 0.163. The molecule has 140 valence electrons. The van der Waals surface area contributed by atoms with Crippen LogP contribution in [0.15, 0.2) is 53.1 Å². The Morgan fingerprint density at radius 3 is 2.74 bits per heavy atom. The second-order valence-electron chi connectivity index (χ2n) is 5.58. The second kappa shape index (κ2) is 8.88. The first kappa shape index (κ1) is 19.2. The normalized spacial score (nSPS) is 10.6. The van der Waals surface area contributed by atoms with Crippen molar-refractivity contribution in [2.75, 3.05) is 11.9 Å². The Morgan fingerprint density at radius 1 is 1.19 bits per heavy atom. The van der Waals surface area contributed by atoms with E-state index < -0.39 is 12.0 Å². The number of esters is 1. The van der Waals surface area contributed by atoms with Gasteiger partial charge in [-0.05, 0) is 36.4 Å². The first-order valence-corrected chi connectivity index (χ1v) is 9.27. The van der Waals surface area contributed by atoms with Crippen molar-refractivity contribution < 1.29 is 14.3 Å². The highest BCUT2D eigenvalue weighted by molar-refractivity contribution is 9.10. The molecule has 0 saturated heterocycles. The van der Waals surface area contributed by atoms with E-state index in [2.05, 4.69) is 31.5 Å². The molecule has 0 bridgehead atoms. The third-order valence-corrected chi connectivity index (χ3v) is 4.50. The molecular formula is C18H16BrClN4O3. The van der Waals surface area contributed by atoms with Gasteiger partial charge in [0.1, 0.15) is 12.3 Å². The summed E-state index contributed by atoms with van der Waals surface area (Å²) < 4.78 is 7.91. The Hall–Kier alpha value is -2.58. The van der Waals surface area contributed by atoms with Gasteiger partial charge in [0, 0.05) is 22.9 Å². The predicted octanol–water partition coefficient (Wildman–Crippen LogP) is 4.01. The molecule has 2 amide bonds. The van der Waals surface area contributed by atoms with Crippen LogP contribution in [0.1, 0.15) is 12.1 Å². The molecule has 0 unspecified atom stereocenters. The zero-order valence-corrected chi connectivity index (χ0v) is 16.5. The Kier molecular flexibility index (Phi) is 6.31. The van der Waals surface area contributed by atoms with Crippen LogP contribution in [-0.4, -0.2) is 27.9 Å². The summed E-state index contributed by atoms with van der Waals surface area (Å²) in [5.41, 5.74) is 1.93. The fourth-order valence-corrected chi connectivity index (χ4v) is 2.85.